The smallest absolute Gasteiger partial charge is 0.308 e. The van der Waals surface area contributed by atoms with Crippen molar-refractivity contribution in [1.29, 1.82) is 0 Å². The zero-order valence-electron chi connectivity index (χ0n) is 42.7. The molecule has 0 saturated carbocycles. The third-order valence-electron chi connectivity index (χ3n) is 14.1. The Labute approximate surface area is 429 Å². The van der Waals surface area contributed by atoms with Crippen molar-refractivity contribution >= 4 is 11.9 Å². The van der Waals surface area contributed by atoms with Crippen LogP contribution in [0.15, 0.2) is 85.1 Å². The zero-order valence-corrected chi connectivity index (χ0v) is 42.7. The highest BCUT2D eigenvalue weighted by molar-refractivity contribution is 5.80. The van der Waals surface area contributed by atoms with Crippen LogP contribution >= 0.6 is 0 Å². The maximum Gasteiger partial charge on any atom is 0.308 e. The first-order valence-electron chi connectivity index (χ1n) is 25.7. The number of β-amino-alcohol motifs (C(OH)–C–C–N with tert-alkyl or cyclic N) is 1. The monoisotopic (exact) mass is 1040 g/mol. The summed E-state index contributed by atoms with van der Waals surface area (Å²) in [6, 6.07) is -1.14. The number of nitrogens with zero attached hydrogens (tertiary/aromatic N) is 2. The molecule has 0 aromatic carbocycles. The summed E-state index contributed by atoms with van der Waals surface area (Å²) in [6.45, 7) is 8.66. The van der Waals surface area contributed by atoms with E-state index in [9.17, 15) is 65.8 Å². The average Bonchev–Trinajstić information content (AvgIpc) is 3.32. The predicted molar refractivity (Wildman–Crippen MR) is 269 cm³/mol. The van der Waals surface area contributed by atoms with Crippen LogP contribution in [0.2, 0.25) is 0 Å². The van der Waals surface area contributed by atoms with Gasteiger partial charge in [-0.25, -0.2) is 0 Å². The summed E-state index contributed by atoms with van der Waals surface area (Å²) < 4.78 is 23.9. The molecule has 414 valence electrons. The third-order valence-corrected chi connectivity index (χ3v) is 14.1. The van der Waals surface area contributed by atoms with Gasteiger partial charge in [0.25, 0.3) is 0 Å². The lowest BCUT2D eigenvalue weighted by molar-refractivity contribution is -0.309. The molecule has 0 spiro atoms. The van der Waals surface area contributed by atoms with E-state index in [-0.39, 0.29) is 57.7 Å². The van der Waals surface area contributed by atoms with Gasteiger partial charge in [-0.15, -0.1) is 0 Å². The summed E-state index contributed by atoms with van der Waals surface area (Å²) in [7, 11) is 0. The number of ether oxygens (including phenoxy) is 4. The minimum absolute atomic E-state index is 0.0555. The SMILES string of the molecule is C[C@@H]1[C@H](O)[C@@H](C)/C=C/C=C/C=C/C=C/C=C/C=C/C=C/[C@H](O[C@@H]2O[C@H](C)[C@@H](O)[C@H](N)[C@@H]2O)C[C@@H]2O[C@](O)(C[C@@H](O)[C@H](O)CC[C@@H](O)C[C@@H](O)C[C@@H](O)CC(=O)O[C@H]1C)C[C@H](O)[C@H]2C(=O)N1CCN(CCO)CC1. The molecular weight excluding hydrogens is 951 g/mol. The van der Waals surface area contributed by atoms with E-state index in [1.807, 2.05) is 54.4 Å². The summed E-state index contributed by atoms with van der Waals surface area (Å²) in [5, 5.41) is 120. The molecule has 20 nitrogen and oxygen atoms in total. The number of hydrogen-bond acceptors (Lipinski definition) is 19. The van der Waals surface area contributed by atoms with Gasteiger partial charge in [-0.2, -0.15) is 0 Å². The van der Waals surface area contributed by atoms with Gasteiger partial charge in [-0.3, -0.25) is 14.5 Å². The number of cyclic esters (lactones) is 1. The Balaban J connectivity index is 1.62. The Morgan fingerprint density at radius 2 is 1.25 bits per heavy atom. The number of piperazine rings is 1. The van der Waals surface area contributed by atoms with E-state index in [1.54, 1.807) is 68.2 Å². The minimum Gasteiger partial charge on any atom is -0.462 e. The van der Waals surface area contributed by atoms with Gasteiger partial charge in [-0.05, 0) is 39.5 Å². The second-order valence-corrected chi connectivity index (χ2v) is 20.1. The van der Waals surface area contributed by atoms with E-state index in [2.05, 4.69) is 0 Å². The van der Waals surface area contributed by atoms with Crippen molar-refractivity contribution in [2.45, 2.75) is 177 Å². The Morgan fingerprint density at radius 3 is 1.85 bits per heavy atom. The second-order valence-electron chi connectivity index (χ2n) is 20.1. The standard InChI is InChI=1S/C53H85N3O17/c1-33-17-15-13-11-9-7-5-6-8-10-12-14-16-18-40(72-52-50(67)47(54)49(66)36(4)71-52)30-44-46(51(68)56-23-21-55(22-24-56)25-26-57)43(63)32-53(69,73-44)31-42(62)41(61)20-19-37(58)27-38(59)28-39(60)29-45(64)70-35(3)34(2)48(33)65/h5-18,33-44,46-50,52,57-63,65-67,69H,19-32,54H2,1-4H3/b6-5+,9-7+,10-8+,13-11+,14-12+,17-15+,18-16+/t33-,34-,35-,36+,37+,38+,39+,40-,41+,42+,43-,44-,46+,47-,48+,49+,50-,52-,53+/m0/s1. The summed E-state index contributed by atoms with van der Waals surface area (Å²) in [4.78, 5) is 30.7. The molecule has 2 bridgehead atoms. The molecule has 19 atom stereocenters. The molecule has 1 amide bonds. The van der Waals surface area contributed by atoms with Crippen LogP contribution in [0.5, 0.6) is 0 Å². The van der Waals surface area contributed by atoms with E-state index in [0.29, 0.717) is 19.6 Å². The van der Waals surface area contributed by atoms with Crippen molar-refractivity contribution in [3.63, 3.8) is 0 Å². The van der Waals surface area contributed by atoms with Crippen LogP contribution in [0.25, 0.3) is 0 Å². The molecule has 3 saturated heterocycles. The number of hydrogen-bond donors (Lipinski definition) is 12. The number of nitrogens with two attached hydrogens (primary N) is 1. The lowest BCUT2D eigenvalue weighted by Gasteiger charge is -2.47. The van der Waals surface area contributed by atoms with Crippen LogP contribution in [-0.2, 0) is 28.5 Å². The van der Waals surface area contributed by atoms with Crippen molar-refractivity contribution in [2.24, 2.45) is 23.5 Å². The Kier molecular flexibility index (Phi) is 26.2. The van der Waals surface area contributed by atoms with E-state index in [4.69, 9.17) is 24.7 Å². The number of fused-ring (bicyclic) bond motifs is 2. The average molecular weight is 1040 g/mol. The molecule has 4 rings (SSSR count). The first-order valence-corrected chi connectivity index (χ1v) is 25.7. The third kappa shape index (κ3) is 20.2. The molecule has 0 aliphatic carbocycles. The number of allylic oxidation sites excluding steroid dienone is 12. The highest BCUT2D eigenvalue weighted by Gasteiger charge is 2.52. The number of carbonyl (C=O) groups excluding carboxylic acids is 2. The molecule has 20 heteroatoms. The van der Waals surface area contributed by atoms with Gasteiger partial charge in [0.15, 0.2) is 12.1 Å². The van der Waals surface area contributed by atoms with Gasteiger partial charge < -0.3 is 85.8 Å². The summed E-state index contributed by atoms with van der Waals surface area (Å²) in [5.74, 6) is -5.52. The van der Waals surface area contributed by atoms with Gasteiger partial charge in [0.1, 0.15) is 12.2 Å². The highest BCUT2D eigenvalue weighted by atomic mass is 16.7. The molecule has 13 N–H and O–H groups in total. The number of esters is 1. The summed E-state index contributed by atoms with van der Waals surface area (Å²) in [6.07, 6.45) is 4.77. The Bertz CT molecular complexity index is 1870. The van der Waals surface area contributed by atoms with Gasteiger partial charge in [-0.1, -0.05) is 98.9 Å². The first-order chi connectivity index (χ1) is 34.6. The maximum atomic E-state index is 14.4. The Morgan fingerprint density at radius 1 is 0.685 bits per heavy atom. The van der Waals surface area contributed by atoms with Crippen LogP contribution in [0.4, 0.5) is 0 Å². The lowest BCUT2D eigenvalue weighted by Crippen LogP contribution is -2.62. The van der Waals surface area contributed by atoms with Crippen LogP contribution in [-0.4, -0.2) is 215 Å². The molecule has 0 radical (unpaired) electrons. The predicted octanol–water partition coefficient (Wildman–Crippen LogP) is -0.236. The second kappa shape index (κ2) is 30.9. The fourth-order valence-corrected chi connectivity index (χ4v) is 9.50. The number of carbonyl (C=O) groups is 2. The van der Waals surface area contributed by atoms with Gasteiger partial charge >= 0.3 is 5.97 Å². The minimum atomic E-state index is -2.31. The van der Waals surface area contributed by atoms with Crippen LogP contribution < -0.4 is 5.73 Å². The van der Waals surface area contributed by atoms with Crippen molar-refractivity contribution in [3.05, 3.63) is 85.1 Å². The normalized spacial score (nSPS) is 43.4. The summed E-state index contributed by atoms with van der Waals surface area (Å²) >= 11 is 0. The van der Waals surface area contributed by atoms with Crippen molar-refractivity contribution in [2.75, 3.05) is 39.3 Å². The first kappa shape index (κ1) is 62.0. The van der Waals surface area contributed by atoms with Crippen LogP contribution in [0, 0.1) is 17.8 Å². The largest absolute Gasteiger partial charge is 0.462 e. The fourth-order valence-electron chi connectivity index (χ4n) is 9.50. The van der Waals surface area contributed by atoms with Crippen molar-refractivity contribution < 1.29 is 84.7 Å². The van der Waals surface area contributed by atoms with Gasteiger partial charge in [0, 0.05) is 63.8 Å². The number of aliphatic hydroxyl groups is 11. The fraction of sp³-hybridized carbons (Fsp3) is 0.698. The number of rotatable bonds is 5. The molecule has 4 aliphatic heterocycles. The summed E-state index contributed by atoms with van der Waals surface area (Å²) in [5.41, 5.74) is 6.14. The quantitative estimate of drug-likeness (QED) is 0.158. The van der Waals surface area contributed by atoms with E-state index in [0.717, 1.165) is 0 Å². The van der Waals surface area contributed by atoms with E-state index >= 15 is 0 Å². The molecule has 3 fully saturated rings. The zero-order chi connectivity index (χ0) is 53.8. The van der Waals surface area contributed by atoms with Crippen molar-refractivity contribution in [1.82, 2.24) is 9.80 Å². The maximum absolute atomic E-state index is 14.4. The van der Waals surface area contributed by atoms with E-state index < -0.39 is 140 Å². The van der Waals surface area contributed by atoms with E-state index in [1.165, 1.54) is 0 Å². The van der Waals surface area contributed by atoms with Crippen molar-refractivity contribution in [3.8, 4) is 0 Å². The Hall–Kier alpha value is -3.52. The number of amides is 1. The molecule has 0 unspecified atom stereocenters. The lowest BCUT2D eigenvalue weighted by atomic mass is 9.81. The molecule has 4 heterocycles. The van der Waals surface area contributed by atoms with Gasteiger partial charge in [0.05, 0.1) is 92.1 Å². The van der Waals surface area contributed by atoms with Crippen LogP contribution in [0.3, 0.4) is 0 Å². The molecule has 4 aliphatic rings. The molecule has 0 aromatic rings. The topological polar surface area (TPSA) is 326 Å². The molecule has 73 heavy (non-hydrogen) atoms. The van der Waals surface area contributed by atoms with Gasteiger partial charge in [0.2, 0.25) is 5.91 Å². The highest BCUT2D eigenvalue weighted by Crippen LogP contribution is 2.39. The molecular formula is C53H85N3O17. The molecule has 0 aromatic heterocycles. The number of aliphatic hydroxyl groups excluding tert-OH is 10. The van der Waals surface area contributed by atoms with Crippen LogP contribution in [0.1, 0.15) is 79.1 Å².